The van der Waals surface area contributed by atoms with Crippen LogP contribution in [0.1, 0.15) is 0 Å². The molecule has 0 radical (unpaired) electrons. The molecule has 0 aliphatic carbocycles. The van der Waals surface area contributed by atoms with Crippen LogP contribution >= 0.6 is 11.8 Å². The minimum absolute atomic E-state index is 0.168. The fourth-order valence-corrected chi connectivity index (χ4v) is 4.55. The Morgan fingerprint density at radius 3 is 2.59 bits per heavy atom. The first-order valence-corrected chi connectivity index (χ1v) is 10.4. The summed E-state index contributed by atoms with van der Waals surface area (Å²) >= 11 is 1.25. The van der Waals surface area contributed by atoms with Crippen LogP contribution in [0.2, 0.25) is 0 Å². The fraction of sp³-hybridized carbons (Fsp3) is 0.250. The summed E-state index contributed by atoms with van der Waals surface area (Å²) in [6, 6.07) is 6.87. The third-order valence-corrected chi connectivity index (χ3v) is 6.63. The van der Waals surface area contributed by atoms with Gasteiger partial charge in [-0.15, -0.1) is 5.10 Å². The van der Waals surface area contributed by atoms with Crippen LogP contribution in [0.4, 0.5) is 0 Å². The Morgan fingerprint density at radius 1 is 1.11 bits per heavy atom. The molecule has 9 nitrogen and oxygen atoms in total. The van der Waals surface area contributed by atoms with Gasteiger partial charge in [-0.05, 0) is 36.0 Å². The average molecular weight is 404 g/mol. The smallest absolute Gasteiger partial charge is 0.244 e. The molecule has 1 aliphatic rings. The van der Waals surface area contributed by atoms with Crippen molar-refractivity contribution in [1.29, 1.82) is 0 Å². The Labute approximate surface area is 160 Å². The fourth-order valence-electron chi connectivity index (χ4n) is 2.54. The van der Waals surface area contributed by atoms with Crippen molar-refractivity contribution < 1.29 is 13.2 Å². The molecular weight excluding hydrogens is 388 g/mol. The first-order valence-electron chi connectivity index (χ1n) is 8.17. The zero-order chi connectivity index (χ0) is 18.7. The van der Waals surface area contributed by atoms with Gasteiger partial charge in [0, 0.05) is 37.2 Å². The second-order valence-corrected chi connectivity index (χ2v) is 8.58. The minimum atomic E-state index is -3.55. The largest absolute Gasteiger partial charge is 0.379 e. The monoisotopic (exact) mass is 404 g/mol. The number of pyridine rings is 2. The van der Waals surface area contributed by atoms with Crippen molar-refractivity contribution in [2.24, 2.45) is 0 Å². The second kappa shape index (κ2) is 7.72. The summed E-state index contributed by atoms with van der Waals surface area (Å²) in [5.41, 5.74) is 0.879. The van der Waals surface area contributed by atoms with E-state index < -0.39 is 10.0 Å². The molecule has 0 saturated carbocycles. The summed E-state index contributed by atoms with van der Waals surface area (Å²) in [6.45, 7) is 1.53. The second-order valence-electron chi connectivity index (χ2n) is 5.65. The molecule has 0 unspecified atom stereocenters. The van der Waals surface area contributed by atoms with Gasteiger partial charge in [-0.25, -0.2) is 18.4 Å². The number of ether oxygens (including phenoxy) is 1. The summed E-state index contributed by atoms with van der Waals surface area (Å²) in [4.78, 5) is 12.8. The summed E-state index contributed by atoms with van der Waals surface area (Å²) in [7, 11) is -3.55. The number of morpholine rings is 1. The third kappa shape index (κ3) is 4.00. The van der Waals surface area contributed by atoms with Gasteiger partial charge in [-0.1, -0.05) is 0 Å². The van der Waals surface area contributed by atoms with Crippen LogP contribution in [0.3, 0.4) is 0 Å². The van der Waals surface area contributed by atoms with E-state index in [9.17, 15) is 8.42 Å². The zero-order valence-corrected chi connectivity index (χ0v) is 15.8. The Hall–Kier alpha value is -2.34. The Kier molecular flexibility index (Phi) is 5.16. The van der Waals surface area contributed by atoms with E-state index >= 15 is 0 Å². The molecule has 1 saturated heterocycles. The number of hydrogen-bond acceptors (Lipinski definition) is 8. The molecule has 4 rings (SSSR count). The number of H-pyrrole nitrogens is 1. The maximum atomic E-state index is 12.6. The molecule has 0 spiro atoms. The van der Waals surface area contributed by atoms with E-state index in [4.69, 9.17) is 4.74 Å². The number of nitrogens with zero attached hydrogens (tertiary/aromatic N) is 5. The Morgan fingerprint density at radius 2 is 1.89 bits per heavy atom. The van der Waals surface area contributed by atoms with Gasteiger partial charge in [0.1, 0.15) is 9.92 Å². The molecule has 1 N–H and O–H groups in total. The number of rotatable bonds is 5. The van der Waals surface area contributed by atoms with Gasteiger partial charge >= 0.3 is 0 Å². The highest BCUT2D eigenvalue weighted by atomic mass is 32.2. The lowest BCUT2D eigenvalue weighted by atomic mass is 10.3. The highest BCUT2D eigenvalue weighted by Crippen LogP contribution is 2.26. The van der Waals surface area contributed by atoms with Crippen molar-refractivity contribution in [3.63, 3.8) is 0 Å². The zero-order valence-electron chi connectivity index (χ0n) is 14.1. The van der Waals surface area contributed by atoms with Gasteiger partial charge in [0.25, 0.3) is 0 Å². The van der Waals surface area contributed by atoms with E-state index in [-0.39, 0.29) is 4.90 Å². The van der Waals surface area contributed by atoms with E-state index in [2.05, 4.69) is 25.1 Å². The van der Waals surface area contributed by atoms with Crippen molar-refractivity contribution in [2.75, 3.05) is 26.3 Å². The molecule has 140 valence electrons. The van der Waals surface area contributed by atoms with Crippen LogP contribution in [0.15, 0.2) is 57.9 Å². The molecule has 11 heteroatoms. The highest BCUT2D eigenvalue weighted by molar-refractivity contribution is 7.99. The normalized spacial score (nSPS) is 15.7. The lowest BCUT2D eigenvalue weighted by Crippen LogP contribution is -2.40. The van der Waals surface area contributed by atoms with Gasteiger partial charge in [0.2, 0.25) is 15.2 Å². The van der Waals surface area contributed by atoms with E-state index in [1.54, 1.807) is 24.5 Å². The quantitative estimate of drug-likeness (QED) is 0.679. The highest BCUT2D eigenvalue weighted by Gasteiger charge is 2.26. The molecule has 0 aromatic carbocycles. The standard InChI is InChI=1S/C16H16N6O3S2/c23-27(24,22-7-9-25-10-8-22)13-1-2-14(18-11-13)26-16-19-15(20-21-16)12-3-5-17-6-4-12/h1-6,11H,7-10H2,(H,19,20,21). The van der Waals surface area contributed by atoms with E-state index in [1.807, 2.05) is 12.1 Å². The molecule has 3 aromatic heterocycles. The first kappa shape index (κ1) is 18.0. The average Bonchev–Trinajstić information content (AvgIpc) is 3.18. The van der Waals surface area contributed by atoms with Crippen molar-refractivity contribution in [3.8, 4) is 11.4 Å². The Balaban J connectivity index is 1.48. The van der Waals surface area contributed by atoms with Crippen molar-refractivity contribution >= 4 is 21.8 Å². The van der Waals surface area contributed by atoms with E-state index in [0.29, 0.717) is 42.3 Å². The predicted octanol–water partition coefficient (Wildman–Crippen LogP) is 1.43. The minimum Gasteiger partial charge on any atom is -0.379 e. The SMILES string of the molecule is O=S(=O)(c1ccc(Sc2n[nH]c(-c3ccncc3)n2)nc1)N1CCOCC1. The summed E-state index contributed by atoms with van der Waals surface area (Å²) in [5.74, 6) is 0.631. The lowest BCUT2D eigenvalue weighted by molar-refractivity contribution is 0.0730. The number of aromatic nitrogens is 5. The van der Waals surface area contributed by atoms with Crippen molar-refractivity contribution in [1.82, 2.24) is 29.5 Å². The summed E-state index contributed by atoms with van der Waals surface area (Å²) in [6.07, 6.45) is 4.73. The molecule has 1 fully saturated rings. The molecule has 3 aromatic rings. The molecule has 4 heterocycles. The van der Waals surface area contributed by atoms with Crippen LogP contribution in [-0.2, 0) is 14.8 Å². The number of nitrogens with one attached hydrogen (secondary N) is 1. The first-order chi connectivity index (χ1) is 13.1. The lowest BCUT2D eigenvalue weighted by Gasteiger charge is -2.25. The molecular formula is C16H16N6O3S2. The van der Waals surface area contributed by atoms with Crippen LogP contribution < -0.4 is 0 Å². The molecule has 0 amide bonds. The molecule has 0 atom stereocenters. The number of aromatic amines is 1. The van der Waals surface area contributed by atoms with Crippen molar-refractivity contribution in [3.05, 3.63) is 42.9 Å². The van der Waals surface area contributed by atoms with Gasteiger partial charge in [-0.3, -0.25) is 10.1 Å². The molecule has 27 heavy (non-hydrogen) atoms. The van der Waals surface area contributed by atoms with Gasteiger partial charge in [0.15, 0.2) is 5.82 Å². The van der Waals surface area contributed by atoms with E-state index in [0.717, 1.165) is 5.56 Å². The molecule has 0 bridgehead atoms. The third-order valence-electron chi connectivity index (χ3n) is 3.93. The van der Waals surface area contributed by atoms with Crippen LogP contribution in [0.25, 0.3) is 11.4 Å². The maximum absolute atomic E-state index is 12.6. The van der Waals surface area contributed by atoms with Crippen molar-refractivity contribution in [2.45, 2.75) is 15.1 Å². The number of hydrogen-bond donors (Lipinski definition) is 1. The van der Waals surface area contributed by atoms with Crippen LogP contribution in [0.5, 0.6) is 0 Å². The molecule has 1 aliphatic heterocycles. The van der Waals surface area contributed by atoms with Crippen LogP contribution in [0, 0.1) is 0 Å². The topological polar surface area (TPSA) is 114 Å². The predicted molar refractivity (Wildman–Crippen MR) is 97.6 cm³/mol. The Bertz CT molecular complexity index is 1000. The van der Waals surface area contributed by atoms with Gasteiger partial charge < -0.3 is 4.74 Å². The van der Waals surface area contributed by atoms with Crippen LogP contribution in [-0.4, -0.2) is 64.2 Å². The summed E-state index contributed by atoms with van der Waals surface area (Å²) in [5, 5.41) is 8.13. The van der Waals surface area contributed by atoms with Gasteiger partial charge in [0.05, 0.1) is 13.2 Å². The summed E-state index contributed by atoms with van der Waals surface area (Å²) < 4.78 is 31.8. The maximum Gasteiger partial charge on any atom is 0.244 e. The van der Waals surface area contributed by atoms with Gasteiger partial charge in [-0.2, -0.15) is 4.31 Å². The van der Waals surface area contributed by atoms with E-state index in [1.165, 1.54) is 22.3 Å². The number of sulfonamides is 1.